The third-order valence-electron chi connectivity index (χ3n) is 3.48. The number of aromatic nitrogens is 2. The van der Waals surface area contributed by atoms with E-state index in [0.29, 0.717) is 0 Å². The topological polar surface area (TPSA) is 78.4 Å². The molecule has 0 saturated carbocycles. The zero-order chi connectivity index (χ0) is 18.2. The lowest BCUT2D eigenvalue weighted by Crippen LogP contribution is -2.08. The highest BCUT2D eigenvalue weighted by molar-refractivity contribution is 5.87. The third kappa shape index (κ3) is 4.73. The summed E-state index contributed by atoms with van der Waals surface area (Å²) in [5.74, 6) is -0.977. The second kappa shape index (κ2) is 8.53. The molecule has 0 amide bonds. The molecule has 26 heavy (non-hydrogen) atoms. The summed E-state index contributed by atoms with van der Waals surface area (Å²) in [6.45, 7) is 0.217. The summed E-state index contributed by atoms with van der Waals surface area (Å²) in [6, 6.07) is 17.4. The van der Waals surface area contributed by atoms with Crippen LogP contribution in [0.25, 0.3) is 0 Å². The summed E-state index contributed by atoms with van der Waals surface area (Å²) in [5.41, 5.74) is 2.10. The Labute approximate surface area is 150 Å². The van der Waals surface area contributed by atoms with Gasteiger partial charge in [0.25, 0.3) is 0 Å². The van der Waals surface area contributed by atoms with Crippen LogP contribution in [0.1, 0.15) is 32.1 Å². The number of carbonyl (C=O) groups excluding carboxylic acids is 2. The van der Waals surface area contributed by atoms with Gasteiger partial charge in [-0.2, -0.15) is 0 Å². The van der Waals surface area contributed by atoms with Crippen molar-refractivity contribution in [2.75, 3.05) is 0 Å². The van der Waals surface area contributed by atoms with E-state index in [1.54, 1.807) is 36.4 Å². The molecule has 0 fully saturated rings. The van der Waals surface area contributed by atoms with Crippen molar-refractivity contribution in [1.82, 2.24) is 9.97 Å². The molecule has 3 aromatic rings. The Morgan fingerprint density at radius 1 is 0.692 bits per heavy atom. The van der Waals surface area contributed by atoms with Crippen molar-refractivity contribution < 1.29 is 19.1 Å². The van der Waals surface area contributed by atoms with Crippen LogP contribution in [-0.2, 0) is 22.7 Å². The van der Waals surface area contributed by atoms with Gasteiger partial charge in [-0.3, -0.25) is 0 Å². The van der Waals surface area contributed by atoms with Crippen LogP contribution in [0, 0.1) is 0 Å². The molecule has 0 bridgehead atoms. The van der Waals surface area contributed by atoms with Gasteiger partial charge in [0.05, 0.1) is 0 Å². The smallest absolute Gasteiger partial charge is 0.357 e. The number of nitrogens with zero attached hydrogens (tertiary/aromatic N) is 2. The molecular weight excluding hydrogens is 332 g/mol. The Hall–Kier alpha value is -3.54. The van der Waals surface area contributed by atoms with E-state index in [4.69, 9.17) is 9.47 Å². The van der Waals surface area contributed by atoms with E-state index in [1.165, 1.54) is 12.4 Å². The highest BCUT2D eigenvalue weighted by Crippen LogP contribution is 2.10. The number of hydrogen-bond acceptors (Lipinski definition) is 6. The van der Waals surface area contributed by atoms with Gasteiger partial charge in [-0.15, -0.1) is 0 Å². The van der Waals surface area contributed by atoms with Crippen molar-refractivity contribution in [3.05, 3.63) is 95.6 Å². The SMILES string of the molecule is O=C(OCc1cccc(COC(=O)c2ccccn2)c1)c1ccccn1. The summed E-state index contributed by atoms with van der Waals surface area (Å²) in [7, 11) is 0. The first kappa shape index (κ1) is 17.3. The zero-order valence-corrected chi connectivity index (χ0v) is 13.9. The number of rotatable bonds is 6. The quantitative estimate of drug-likeness (QED) is 0.637. The van der Waals surface area contributed by atoms with Gasteiger partial charge in [0.15, 0.2) is 0 Å². The molecule has 0 N–H and O–H groups in total. The summed E-state index contributed by atoms with van der Waals surface area (Å²) in [4.78, 5) is 31.7. The van der Waals surface area contributed by atoms with Crippen LogP contribution >= 0.6 is 0 Å². The first-order chi connectivity index (χ1) is 12.7. The van der Waals surface area contributed by atoms with Gasteiger partial charge in [-0.25, -0.2) is 19.6 Å². The van der Waals surface area contributed by atoms with Crippen LogP contribution in [0.3, 0.4) is 0 Å². The molecule has 6 heteroatoms. The van der Waals surface area contributed by atoms with Crippen molar-refractivity contribution in [2.45, 2.75) is 13.2 Å². The molecule has 0 spiro atoms. The molecule has 0 radical (unpaired) electrons. The van der Waals surface area contributed by atoms with E-state index in [9.17, 15) is 9.59 Å². The largest absolute Gasteiger partial charge is 0.456 e. The highest BCUT2D eigenvalue weighted by atomic mass is 16.5. The van der Waals surface area contributed by atoms with E-state index in [0.717, 1.165) is 11.1 Å². The molecule has 0 aliphatic rings. The van der Waals surface area contributed by atoms with Crippen molar-refractivity contribution in [1.29, 1.82) is 0 Å². The average molecular weight is 348 g/mol. The van der Waals surface area contributed by atoms with Crippen LogP contribution in [0.5, 0.6) is 0 Å². The molecule has 0 saturated heterocycles. The lowest BCUT2D eigenvalue weighted by atomic mass is 10.1. The minimum atomic E-state index is -0.488. The number of hydrogen-bond donors (Lipinski definition) is 0. The Morgan fingerprint density at radius 3 is 1.62 bits per heavy atom. The van der Waals surface area contributed by atoms with Crippen LogP contribution in [0.2, 0.25) is 0 Å². The maximum atomic E-state index is 11.9. The summed E-state index contributed by atoms with van der Waals surface area (Å²) in [5, 5.41) is 0. The van der Waals surface area contributed by atoms with Crippen molar-refractivity contribution in [3.8, 4) is 0 Å². The Bertz CT molecular complexity index is 812. The van der Waals surface area contributed by atoms with Crippen molar-refractivity contribution >= 4 is 11.9 Å². The Kier molecular flexibility index (Phi) is 5.67. The monoisotopic (exact) mass is 348 g/mol. The predicted molar refractivity (Wildman–Crippen MR) is 93.2 cm³/mol. The number of esters is 2. The standard InChI is InChI=1S/C20H16N2O4/c23-19(17-8-1-3-10-21-17)25-13-15-6-5-7-16(12-15)14-26-20(24)18-9-2-4-11-22-18/h1-12H,13-14H2. The third-order valence-corrected chi connectivity index (χ3v) is 3.48. The number of ether oxygens (including phenoxy) is 2. The second-order valence-corrected chi connectivity index (χ2v) is 5.40. The van der Waals surface area contributed by atoms with E-state index in [1.807, 2.05) is 24.3 Å². The molecule has 0 aliphatic heterocycles. The minimum absolute atomic E-state index is 0.109. The van der Waals surface area contributed by atoms with Gasteiger partial charge >= 0.3 is 11.9 Å². The second-order valence-electron chi connectivity index (χ2n) is 5.40. The van der Waals surface area contributed by atoms with Gasteiger partial charge in [-0.05, 0) is 41.5 Å². The molecule has 0 aliphatic carbocycles. The zero-order valence-electron chi connectivity index (χ0n) is 13.9. The maximum Gasteiger partial charge on any atom is 0.357 e. The fourth-order valence-corrected chi connectivity index (χ4v) is 2.22. The highest BCUT2D eigenvalue weighted by Gasteiger charge is 2.10. The maximum absolute atomic E-state index is 11.9. The molecule has 1 aromatic carbocycles. The van der Waals surface area contributed by atoms with E-state index >= 15 is 0 Å². The molecule has 0 unspecified atom stereocenters. The fraction of sp³-hybridized carbons (Fsp3) is 0.100. The molecular formula is C20H16N2O4. The van der Waals surface area contributed by atoms with Crippen molar-refractivity contribution in [3.63, 3.8) is 0 Å². The van der Waals surface area contributed by atoms with Gasteiger partial charge in [0.1, 0.15) is 24.6 Å². The normalized spacial score (nSPS) is 10.2. The fourth-order valence-electron chi connectivity index (χ4n) is 2.22. The number of carbonyl (C=O) groups is 2. The van der Waals surface area contributed by atoms with E-state index in [-0.39, 0.29) is 24.6 Å². The van der Waals surface area contributed by atoms with Crippen LogP contribution in [-0.4, -0.2) is 21.9 Å². The Morgan fingerprint density at radius 2 is 1.19 bits per heavy atom. The van der Waals surface area contributed by atoms with E-state index in [2.05, 4.69) is 9.97 Å². The first-order valence-electron chi connectivity index (χ1n) is 7.96. The summed E-state index contributed by atoms with van der Waals surface area (Å²) >= 11 is 0. The molecule has 2 heterocycles. The van der Waals surface area contributed by atoms with Crippen LogP contribution < -0.4 is 0 Å². The molecule has 0 atom stereocenters. The van der Waals surface area contributed by atoms with Gasteiger partial charge < -0.3 is 9.47 Å². The van der Waals surface area contributed by atoms with Crippen molar-refractivity contribution in [2.24, 2.45) is 0 Å². The molecule has 130 valence electrons. The number of pyridine rings is 2. The molecule has 3 rings (SSSR count). The lowest BCUT2D eigenvalue weighted by molar-refractivity contribution is 0.0464. The molecule has 6 nitrogen and oxygen atoms in total. The van der Waals surface area contributed by atoms with Crippen LogP contribution in [0.15, 0.2) is 73.1 Å². The van der Waals surface area contributed by atoms with Gasteiger partial charge in [0.2, 0.25) is 0 Å². The summed E-state index contributed by atoms with van der Waals surface area (Å²) in [6.07, 6.45) is 3.07. The van der Waals surface area contributed by atoms with Gasteiger partial charge in [-0.1, -0.05) is 30.3 Å². The van der Waals surface area contributed by atoms with Crippen LogP contribution in [0.4, 0.5) is 0 Å². The predicted octanol–water partition coefficient (Wildman–Crippen LogP) is 3.19. The number of benzene rings is 1. The van der Waals surface area contributed by atoms with Gasteiger partial charge in [0, 0.05) is 12.4 Å². The average Bonchev–Trinajstić information content (AvgIpc) is 2.72. The Balaban J connectivity index is 1.55. The first-order valence-corrected chi connectivity index (χ1v) is 7.96. The molecule has 2 aromatic heterocycles. The minimum Gasteiger partial charge on any atom is -0.456 e. The lowest BCUT2D eigenvalue weighted by Gasteiger charge is -2.08. The van der Waals surface area contributed by atoms with E-state index < -0.39 is 11.9 Å². The summed E-state index contributed by atoms with van der Waals surface area (Å²) < 4.78 is 10.5.